The molecule has 0 aromatic heterocycles. The summed E-state index contributed by atoms with van der Waals surface area (Å²) in [4.78, 5) is 25.9. The van der Waals surface area contributed by atoms with Crippen LogP contribution in [-0.2, 0) is 30.4 Å². The first kappa shape index (κ1) is 20.3. The predicted octanol–water partition coefficient (Wildman–Crippen LogP) is 2.80. The number of hydrogen-bond acceptors (Lipinski definition) is 7. The van der Waals surface area contributed by atoms with Gasteiger partial charge in [0.25, 0.3) is 0 Å². The van der Waals surface area contributed by atoms with Crippen LogP contribution in [-0.4, -0.2) is 39.5 Å². The number of rotatable bonds is 6. The number of ether oxygens (including phenoxy) is 4. The van der Waals surface area contributed by atoms with Crippen LogP contribution in [0.3, 0.4) is 0 Å². The molecule has 29 heavy (non-hydrogen) atoms. The molecule has 0 saturated heterocycles. The zero-order chi connectivity index (χ0) is 20.8. The van der Waals surface area contributed by atoms with Crippen LogP contribution in [0.5, 0.6) is 5.75 Å². The van der Waals surface area contributed by atoms with Crippen LogP contribution in [0.1, 0.15) is 5.56 Å². The normalized spacial score (nSPS) is 13.8. The summed E-state index contributed by atoms with van der Waals surface area (Å²) in [5.41, 5.74) is 1.06. The van der Waals surface area contributed by atoms with Gasteiger partial charge in [-0.25, -0.2) is 14.0 Å². The van der Waals surface area contributed by atoms with Gasteiger partial charge in [-0.3, -0.25) is 0 Å². The third-order valence-corrected chi connectivity index (χ3v) is 4.31. The molecule has 152 valence electrons. The average molecular weight is 401 g/mol. The van der Waals surface area contributed by atoms with E-state index in [1.54, 1.807) is 42.5 Å². The predicted molar refractivity (Wildman–Crippen MR) is 102 cm³/mol. The van der Waals surface area contributed by atoms with Gasteiger partial charge in [-0.05, 0) is 18.2 Å². The molecule has 0 aliphatic carbocycles. The number of anilines is 1. The van der Waals surface area contributed by atoms with Gasteiger partial charge >= 0.3 is 11.9 Å². The summed E-state index contributed by atoms with van der Waals surface area (Å²) >= 11 is 0. The Hall–Kier alpha value is -3.39. The highest BCUT2D eigenvalue weighted by molar-refractivity contribution is 6.03. The molecule has 3 rings (SSSR count). The van der Waals surface area contributed by atoms with E-state index in [1.807, 2.05) is 0 Å². The molecule has 7 nitrogen and oxygen atoms in total. The minimum atomic E-state index is -0.689. The lowest BCUT2D eigenvalue weighted by atomic mass is 10.1. The van der Waals surface area contributed by atoms with E-state index in [-0.39, 0.29) is 37.0 Å². The first-order valence-electron chi connectivity index (χ1n) is 8.76. The van der Waals surface area contributed by atoms with E-state index in [0.29, 0.717) is 17.0 Å². The number of halogens is 1. The SMILES string of the molecule is COC(=O)C1=C(C(=O)OC)N(c2cccc(OCc3ccccc3F)c2)COC1. The fraction of sp³-hybridized carbons (Fsp3) is 0.238. The Morgan fingerprint density at radius 1 is 1.07 bits per heavy atom. The van der Waals surface area contributed by atoms with E-state index in [2.05, 4.69) is 0 Å². The van der Waals surface area contributed by atoms with Crippen LogP contribution in [0, 0.1) is 5.82 Å². The number of hydrogen-bond donors (Lipinski definition) is 0. The van der Waals surface area contributed by atoms with Crippen molar-refractivity contribution in [2.24, 2.45) is 0 Å². The molecule has 0 amide bonds. The van der Waals surface area contributed by atoms with Crippen molar-refractivity contribution in [3.05, 3.63) is 71.2 Å². The van der Waals surface area contributed by atoms with Crippen LogP contribution in [0.2, 0.25) is 0 Å². The minimum absolute atomic E-state index is 0.0295. The summed E-state index contributed by atoms with van der Waals surface area (Å²) in [7, 11) is 2.45. The van der Waals surface area contributed by atoms with Gasteiger partial charge < -0.3 is 23.8 Å². The van der Waals surface area contributed by atoms with Crippen molar-refractivity contribution in [2.75, 3.05) is 32.5 Å². The number of nitrogens with zero attached hydrogens (tertiary/aromatic N) is 1. The van der Waals surface area contributed by atoms with Gasteiger partial charge in [-0.15, -0.1) is 0 Å². The van der Waals surface area contributed by atoms with Gasteiger partial charge in [-0.2, -0.15) is 0 Å². The molecule has 0 N–H and O–H groups in total. The zero-order valence-corrected chi connectivity index (χ0v) is 16.0. The Morgan fingerprint density at radius 3 is 2.55 bits per heavy atom. The molecule has 2 aromatic rings. The van der Waals surface area contributed by atoms with Crippen molar-refractivity contribution in [1.82, 2.24) is 0 Å². The topological polar surface area (TPSA) is 74.3 Å². The van der Waals surface area contributed by atoms with E-state index >= 15 is 0 Å². The third kappa shape index (κ3) is 4.55. The Bertz CT molecular complexity index is 942. The maximum absolute atomic E-state index is 13.8. The summed E-state index contributed by atoms with van der Waals surface area (Å²) in [6, 6.07) is 13.1. The van der Waals surface area contributed by atoms with E-state index in [0.717, 1.165) is 0 Å². The second-order valence-corrected chi connectivity index (χ2v) is 6.09. The summed E-state index contributed by atoms with van der Waals surface area (Å²) in [5, 5.41) is 0. The Balaban J connectivity index is 1.89. The fourth-order valence-electron chi connectivity index (χ4n) is 2.87. The molecule has 8 heteroatoms. The van der Waals surface area contributed by atoms with E-state index in [4.69, 9.17) is 18.9 Å². The fourth-order valence-corrected chi connectivity index (χ4v) is 2.87. The quantitative estimate of drug-likeness (QED) is 0.689. The molecule has 0 saturated carbocycles. The smallest absolute Gasteiger partial charge is 0.355 e. The van der Waals surface area contributed by atoms with Gasteiger partial charge in [0.05, 0.1) is 26.4 Å². The molecule has 2 aromatic carbocycles. The van der Waals surface area contributed by atoms with Crippen molar-refractivity contribution in [2.45, 2.75) is 6.61 Å². The molecular weight excluding hydrogens is 381 g/mol. The van der Waals surface area contributed by atoms with Crippen LogP contribution in [0.4, 0.5) is 10.1 Å². The van der Waals surface area contributed by atoms with Crippen LogP contribution in [0.25, 0.3) is 0 Å². The second kappa shape index (κ2) is 9.20. The zero-order valence-electron chi connectivity index (χ0n) is 16.0. The summed E-state index contributed by atoms with van der Waals surface area (Å²) in [6.07, 6.45) is 0. The van der Waals surface area contributed by atoms with Crippen LogP contribution in [0.15, 0.2) is 59.8 Å². The highest BCUT2D eigenvalue weighted by Crippen LogP contribution is 2.29. The number of carbonyl (C=O) groups excluding carboxylic acids is 2. The van der Waals surface area contributed by atoms with E-state index < -0.39 is 11.9 Å². The molecule has 1 heterocycles. The third-order valence-electron chi connectivity index (χ3n) is 4.31. The van der Waals surface area contributed by atoms with Crippen LogP contribution >= 0.6 is 0 Å². The lowest BCUT2D eigenvalue weighted by Crippen LogP contribution is -2.38. The summed E-state index contributed by atoms with van der Waals surface area (Å²) < 4.78 is 34.5. The molecule has 1 aliphatic rings. The van der Waals surface area contributed by atoms with E-state index in [9.17, 15) is 14.0 Å². The Kier molecular flexibility index (Phi) is 6.46. The Morgan fingerprint density at radius 2 is 1.83 bits per heavy atom. The standard InChI is InChI=1S/C21H20FNO6/c1-26-20(24)17-12-28-13-23(19(17)21(25)27-2)15-7-5-8-16(10-15)29-11-14-6-3-4-9-18(14)22/h3-10H,11-13H2,1-2H3. The lowest BCUT2D eigenvalue weighted by molar-refractivity contribution is -0.140. The van der Waals surface area contributed by atoms with Gasteiger partial charge in [0.2, 0.25) is 0 Å². The highest BCUT2D eigenvalue weighted by Gasteiger charge is 2.32. The summed E-state index contributed by atoms with van der Waals surface area (Å²) in [6.45, 7) is -0.00148. The van der Waals surface area contributed by atoms with E-state index in [1.165, 1.54) is 25.2 Å². The molecule has 0 fully saturated rings. The second-order valence-electron chi connectivity index (χ2n) is 6.09. The van der Waals surface area contributed by atoms with Crippen molar-refractivity contribution in [3.63, 3.8) is 0 Å². The number of esters is 2. The average Bonchev–Trinajstić information content (AvgIpc) is 2.77. The van der Waals surface area contributed by atoms with Gasteiger partial charge in [0.1, 0.15) is 30.6 Å². The molecule has 0 unspecified atom stereocenters. The molecule has 0 spiro atoms. The molecule has 0 atom stereocenters. The van der Waals surface area contributed by atoms with Crippen LogP contribution < -0.4 is 9.64 Å². The largest absolute Gasteiger partial charge is 0.489 e. The number of benzene rings is 2. The number of carbonyl (C=O) groups is 2. The van der Waals surface area contributed by atoms with Crippen molar-refractivity contribution in [3.8, 4) is 5.75 Å². The number of methoxy groups -OCH3 is 2. The lowest BCUT2D eigenvalue weighted by Gasteiger charge is -2.31. The monoisotopic (exact) mass is 401 g/mol. The van der Waals surface area contributed by atoms with Gasteiger partial charge in [0.15, 0.2) is 0 Å². The molecular formula is C21H20FNO6. The van der Waals surface area contributed by atoms with Crippen molar-refractivity contribution in [1.29, 1.82) is 0 Å². The maximum atomic E-state index is 13.8. The van der Waals surface area contributed by atoms with Gasteiger partial charge in [0, 0.05) is 17.3 Å². The minimum Gasteiger partial charge on any atom is -0.489 e. The highest BCUT2D eigenvalue weighted by atomic mass is 19.1. The van der Waals surface area contributed by atoms with Crippen molar-refractivity contribution >= 4 is 17.6 Å². The first-order valence-corrected chi connectivity index (χ1v) is 8.76. The summed E-state index contributed by atoms with van der Waals surface area (Å²) in [5.74, 6) is -1.26. The maximum Gasteiger partial charge on any atom is 0.355 e. The molecule has 0 radical (unpaired) electrons. The van der Waals surface area contributed by atoms with Crippen molar-refractivity contribution < 1.29 is 32.9 Å². The van der Waals surface area contributed by atoms with Gasteiger partial charge in [-0.1, -0.05) is 24.3 Å². The molecule has 0 bridgehead atoms. The Labute approximate surface area is 167 Å². The first-order chi connectivity index (χ1) is 14.0. The molecule has 1 aliphatic heterocycles.